The number of hydrogen-bond donors (Lipinski definition) is 2. The molecular formula is C40H34F4N12O3S. The van der Waals surface area contributed by atoms with Gasteiger partial charge in [0.15, 0.2) is 17.2 Å². The third-order valence-electron chi connectivity index (χ3n) is 10.2. The van der Waals surface area contributed by atoms with E-state index in [4.69, 9.17) is 0 Å². The van der Waals surface area contributed by atoms with Crippen LogP contribution in [0.15, 0.2) is 72.0 Å². The lowest BCUT2D eigenvalue weighted by Gasteiger charge is -2.37. The lowest BCUT2D eigenvalue weighted by molar-refractivity contribution is -0.141. The van der Waals surface area contributed by atoms with Crippen LogP contribution in [-0.4, -0.2) is 78.5 Å². The molecule has 0 bridgehead atoms. The summed E-state index contributed by atoms with van der Waals surface area (Å²) in [7, 11) is 3.48. The molecule has 306 valence electrons. The Morgan fingerprint density at radius 3 is 2.50 bits per heavy atom. The van der Waals surface area contributed by atoms with Gasteiger partial charge in [0.05, 0.1) is 35.5 Å². The molecule has 6 heterocycles. The fraction of sp³-hybridized carbons (Fsp3) is 0.275. The van der Waals surface area contributed by atoms with Crippen molar-refractivity contribution in [2.75, 3.05) is 6.54 Å². The van der Waals surface area contributed by atoms with Crippen molar-refractivity contribution < 1.29 is 27.2 Å². The second-order valence-corrected chi connectivity index (χ2v) is 15.9. The number of fused-ring (bicyclic) bond motifs is 2. The molecule has 60 heavy (non-hydrogen) atoms. The number of rotatable bonds is 10. The van der Waals surface area contributed by atoms with E-state index in [0.717, 1.165) is 33.3 Å². The molecule has 1 aliphatic heterocycles. The fourth-order valence-corrected chi connectivity index (χ4v) is 8.02. The van der Waals surface area contributed by atoms with Crippen LogP contribution in [0.3, 0.4) is 0 Å². The maximum atomic E-state index is 15.9. The van der Waals surface area contributed by atoms with Gasteiger partial charge in [-0.15, -0.1) is 0 Å². The normalized spacial score (nSPS) is 13.7. The zero-order valence-corrected chi connectivity index (χ0v) is 33.2. The number of pyridine rings is 1. The van der Waals surface area contributed by atoms with Crippen molar-refractivity contribution in [1.82, 2.24) is 53.9 Å². The van der Waals surface area contributed by atoms with Gasteiger partial charge in [-0.05, 0) is 72.4 Å². The predicted octanol–water partition coefficient (Wildman–Crippen LogP) is 5.28. The summed E-state index contributed by atoms with van der Waals surface area (Å²) < 4.78 is 65.4. The Labute approximate surface area is 342 Å². The summed E-state index contributed by atoms with van der Waals surface area (Å²) in [5.41, 5.74) is 1.45. The fourth-order valence-electron chi connectivity index (χ4n) is 7.56. The second kappa shape index (κ2) is 15.0. The average molecular weight is 839 g/mol. The van der Waals surface area contributed by atoms with Crippen molar-refractivity contribution in [2.45, 2.75) is 51.0 Å². The molecule has 8 rings (SSSR count). The molecule has 0 radical (unpaired) electrons. The number of nitrogens with one attached hydrogen (secondary N) is 2. The number of halogens is 4. The van der Waals surface area contributed by atoms with E-state index in [2.05, 4.69) is 41.0 Å². The number of carbonyl (C=O) groups excluding carboxylic acids is 2. The largest absolute Gasteiger partial charge is 0.435 e. The van der Waals surface area contributed by atoms with E-state index >= 15 is 4.39 Å². The summed E-state index contributed by atoms with van der Waals surface area (Å²) in [6.45, 7) is 2.83. The number of amides is 2. The summed E-state index contributed by atoms with van der Waals surface area (Å²) in [6.07, 6.45) is 2.01. The summed E-state index contributed by atoms with van der Waals surface area (Å²) in [4.78, 5) is 48.2. The maximum absolute atomic E-state index is 15.9. The van der Waals surface area contributed by atoms with Crippen LogP contribution in [0, 0.1) is 17.1 Å². The molecule has 0 aliphatic carbocycles. The Bertz CT molecular complexity index is 2930. The summed E-state index contributed by atoms with van der Waals surface area (Å²) >= 11 is 0.531. The van der Waals surface area contributed by atoms with Crippen molar-refractivity contribution in [3.8, 4) is 39.8 Å². The molecule has 2 amide bonds. The van der Waals surface area contributed by atoms with E-state index in [1.807, 2.05) is 18.3 Å². The first-order chi connectivity index (χ1) is 28.5. The average Bonchev–Trinajstić information content (AvgIpc) is 4.00. The highest BCUT2D eigenvalue weighted by Crippen LogP contribution is 2.37. The molecule has 1 atom stereocenters. The first-order valence-electron chi connectivity index (χ1n) is 18.5. The number of nitriles is 1. The second-order valence-electron chi connectivity index (χ2n) is 15.1. The van der Waals surface area contributed by atoms with E-state index < -0.39 is 46.0 Å². The van der Waals surface area contributed by atoms with Crippen molar-refractivity contribution in [3.63, 3.8) is 0 Å². The molecule has 0 unspecified atom stereocenters. The number of nitrogens with zero attached hydrogens (tertiary/aromatic N) is 10. The van der Waals surface area contributed by atoms with Crippen LogP contribution in [0.1, 0.15) is 46.6 Å². The van der Waals surface area contributed by atoms with Crippen LogP contribution in [0.2, 0.25) is 0 Å². The molecule has 5 aromatic heterocycles. The molecule has 0 spiro atoms. The Morgan fingerprint density at radius 1 is 1.02 bits per heavy atom. The minimum atomic E-state index is -4.81. The van der Waals surface area contributed by atoms with E-state index in [0.29, 0.717) is 45.0 Å². The van der Waals surface area contributed by atoms with Crippen molar-refractivity contribution >= 4 is 34.4 Å². The van der Waals surface area contributed by atoms with Crippen LogP contribution in [0.25, 0.3) is 44.8 Å². The molecule has 0 fully saturated rings. The third kappa shape index (κ3) is 7.66. The first-order valence-corrected chi connectivity index (χ1v) is 19.2. The Hall–Kier alpha value is -7.01. The van der Waals surface area contributed by atoms with Gasteiger partial charge in [-0.1, -0.05) is 18.2 Å². The Kier molecular flexibility index (Phi) is 9.94. The Morgan fingerprint density at radius 2 is 1.80 bits per heavy atom. The highest BCUT2D eigenvalue weighted by molar-refractivity contribution is 7.03. The SMILES string of the molecule is Cn1cc(C[C@H](C(=O)NC(C)(C)Cn2nc(C(F)(F)F)cc2-c2nsc(=O)[nH]2)N2CCc3c(-c4ccc(-c5cnc6nn(C)cc6c5)cc4C#N)ccc(F)c3C2=O)cn1. The lowest BCUT2D eigenvalue weighted by atomic mass is 9.86. The minimum Gasteiger partial charge on any atom is -0.348 e. The number of alkyl halides is 3. The number of aryl methyl sites for hydroxylation is 2. The number of carbonyl (C=O) groups is 2. The number of benzene rings is 2. The van der Waals surface area contributed by atoms with Gasteiger partial charge in [-0.3, -0.25) is 33.4 Å². The first kappa shape index (κ1) is 39.8. The van der Waals surface area contributed by atoms with Crippen LogP contribution in [0.5, 0.6) is 0 Å². The van der Waals surface area contributed by atoms with Crippen LogP contribution < -0.4 is 10.2 Å². The summed E-state index contributed by atoms with van der Waals surface area (Å²) in [6, 6.07) is 11.7. The van der Waals surface area contributed by atoms with Gasteiger partial charge in [-0.2, -0.15) is 38.1 Å². The molecule has 2 N–H and O–H groups in total. The topological polar surface area (TPSA) is 185 Å². The molecule has 0 saturated carbocycles. The van der Waals surface area contributed by atoms with Gasteiger partial charge in [0.25, 0.3) is 5.91 Å². The minimum absolute atomic E-state index is 0.00668. The smallest absolute Gasteiger partial charge is 0.348 e. The molecule has 15 nitrogen and oxygen atoms in total. The predicted molar refractivity (Wildman–Crippen MR) is 211 cm³/mol. The standard InChI is InChI=1S/C40H34F4N12O3S/c1-39(2,20-56-30(35-48-38(59)60-52-35)14-32(50-56)40(42,43)44)49-36(57)31(11-21-16-47-53(3)18-21)55-10-9-28-27(7-8-29(41)33(28)37(55)58)26-6-5-22(12-23(26)15-45)24-13-25-19-54(4)51-34(25)46-17-24/h5-8,12-14,16-19,31H,9-11,20H2,1-4H3,(H,49,57)(H,48,52,59)/t31-/m1/s1. The van der Waals surface area contributed by atoms with Crippen LogP contribution >= 0.6 is 11.5 Å². The summed E-state index contributed by atoms with van der Waals surface area (Å²) in [5, 5.41) is 26.2. The highest BCUT2D eigenvalue weighted by atomic mass is 32.1. The highest BCUT2D eigenvalue weighted by Gasteiger charge is 2.40. The van der Waals surface area contributed by atoms with Gasteiger partial charge in [0.1, 0.15) is 17.6 Å². The van der Waals surface area contributed by atoms with Crippen molar-refractivity contribution in [1.29, 1.82) is 5.26 Å². The number of H-pyrrole nitrogens is 1. The van der Waals surface area contributed by atoms with Crippen molar-refractivity contribution in [3.05, 3.63) is 111 Å². The van der Waals surface area contributed by atoms with Gasteiger partial charge in [0, 0.05) is 68.1 Å². The summed E-state index contributed by atoms with van der Waals surface area (Å²) in [5.74, 6) is -2.34. The van der Waals surface area contributed by atoms with Gasteiger partial charge >= 0.3 is 11.0 Å². The van der Waals surface area contributed by atoms with E-state index in [9.17, 15) is 32.8 Å². The number of aromatic amines is 1. The lowest BCUT2D eigenvalue weighted by Crippen LogP contribution is -2.58. The van der Waals surface area contributed by atoms with E-state index in [1.54, 1.807) is 57.2 Å². The number of hydrogen-bond acceptors (Lipinski definition) is 10. The molecule has 7 aromatic rings. The van der Waals surface area contributed by atoms with Crippen LogP contribution in [0.4, 0.5) is 17.6 Å². The molecule has 2 aromatic carbocycles. The molecule has 20 heteroatoms. The van der Waals surface area contributed by atoms with Gasteiger partial charge in [-0.25, -0.2) is 9.37 Å². The Balaban J connectivity index is 1.10. The van der Waals surface area contributed by atoms with Gasteiger partial charge in [0.2, 0.25) is 5.91 Å². The van der Waals surface area contributed by atoms with E-state index in [1.165, 1.54) is 21.8 Å². The quantitative estimate of drug-likeness (QED) is 0.173. The van der Waals surface area contributed by atoms with E-state index in [-0.39, 0.29) is 43.0 Å². The monoisotopic (exact) mass is 838 g/mol. The van der Waals surface area contributed by atoms with Crippen molar-refractivity contribution in [2.24, 2.45) is 14.1 Å². The van der Waals surface area contributed by atoms with Gasteiger partial charge < -0.3 is 10.2 Å². The zero-order valence-electron chi connectivity index (χ0n) is 32.4. The molecule has 1 aliphatic rings. The zero-order chi connectivity index (χ0) is 42.7. The molecule has 0 saturated heterocycles. The number of aromatic nitrogens is 9. The van der Waals surface area contributed by atoms with Crippen LogP contribution in [-0.2, 0) is 44.5 Å². The maximum Gasteiger partial charge on any atom is 0.435 e. The molecular weight excluding hydrogens is 805 g/mol. The third-order valence-corrected chi connectivity index (χ3v) is 10.7.